The van der Waals surface area contributed by atoms with Crippen molar-refractivity contribution in [2.45, 2.75) is 60.8 Å². The summed E-state index contributed by atoms with van der Waals surface area (Å²) in [5.74, 6) is -1.93. The van der Waals surface area contributed by atoms with Gasteiger partial charge in [0.15, 0.2) is 17.4 Å². The first-order valence-corrected chi connectivity index (χ1v) is 15.8. The normalized spacial score (nSPS) is 26.0. The van der Waals surface area contributed by atoms with Crippen LogP contribution in [-0.2, 0) is 16.1 Å². The van der Waals surface area contributed by atoms with Gasteiger partial charge in [-0.2, -0.15) is 0 Å². The fraction of sp³-hybridized carbons (Fsp3) is 0.355. The number of aliphatic hydroxyl groups is 3. The molecule has 2 aromatic carbocycles. The van der Waals surface area contributed by atoms with Gasteiger partial charge in [-0.3, -0.25) is 4.79 Å². The summed E-state index contributed by atoms with van der Waals surface area (Å²) in [6.45, 7) is 0.0620. The molecule has 2 saturated heterocycles. The van der Waals surface area contributed by atoms with Crippen LogP contribution in [0.25, 0.3) is 5.65 Å². The Balaban J connectivity index is 1.17. The van der Waals surface area contributed by atoms with Crippen molar-refractivity contribution in [3.05, 3.63) is 83.4 Å². The Labute approximate surface area is 270 Å². The number of halogens is 2. The first-order chi connectivity index (χ1) is 22.5. The van der Waals surface area contributed by atoms with Crippen LogP contribution < -0.4 is 15.0 Å². The number of aromatic nitrogens is 3. The lowest BCUT2D eigenvalue weighted by atomic mass is 9.99. The number of carboxylic acids is 1. The number of carboxylic acid groups (broad SMARTS) is 1. The summed E-state index contributed by atoms with van der Waals surface area (Å²) < 4.78 is 41.1. The van der Waals surface area contributed by atoms with Crippen molar-refractivity contribution in [2.24, 2.45) is 0 Å². The maximum atomic E-state index is 14.8. The third-order valence-corrected chi connectivity index (χ3v) is 8.90. The van der Waals surface area contributed by atoms with E-state index in [1.807, 2.05) is 6.26 Å². The van der Waals surface area contributed by atoms with Crippen LogP contribution in [0, 0.1) is 5.82 Å². The van der Waals surface area contributed by atoms with Crippen LogP contribution >= 0.6 is 11.8 Å². The van der Waals surface area contributed by atoms with Crippen LogP contribution in [0.4, 0.5) is 14.6 Å². The summed E-state index contributed by atoms with van der Waals surface area (Å²) in [5.41, 5.74) is 1.72. The third-order valence-electron chi connectivity index (χ3n) is 8.09. The van der Waals surface area contributed by atoms with Gasteiger partial charge < -0.3 is 40.1 Å². The summed E-state index contributed by atoms with van der Waals surface area (Å²) in [7, 11) is 0. The van der Waals surface area contributed by atoms with Crippen LogP contribution in [0.5, 0.6) is 5.75 Å². The zero-order valence-corrected chi connectivity index (χ0v) is 25.6. The number of hydrogen-bond acceptors (Lipinski definition) is 11. The van der Waals surface area contributed by atoms with Crippen LogP contribution in [0.15, 0.2) is 65.7 Å². The fourth-order valence-corrected chi connectivity index (χ4v) is 6.39. The number of aliphatic carboxylic acids is 1. The lowest BCUT2D eigenvalue weighted by Crippen LogP contribution is -2.61. The molecule has 5 N–H and O–H groups in total. The molecule has 47 heavy (non-hydrogen) atoms. The quantitative estimate of drug-likeness (QED) is 0.164. The predicted octanol–water partition coefficient (Wildman–Crippen LogP) is 2.08. The maximum absolute atomic E-state index is 14.8. The van der Waals surface area contributed by atoms with Gasteiger partial charge >= 0.3 is 5.97 Å². The van der Waals surface area contributed by atoms with E-state index in [2.05, 4.69) is 15.4 Å². The number of carbonyl (C=O) groups is 2. The molecular formula is C31H31F2N5O8S. The van der Waals surface area contributed by atoms with E-state index in [1.54, 1.807) is 35.2 Å². The van der Waals surface area contributed by atoms with Gasteiger partial charge in [-0.15, -0.1) is 16.9 Å². The van der Waals surface area contributed by atoms with Crippen LogP contribution in [0.2, 0.25) is 0 Å². The Hall–Kier alpha value is -4.35. The zero-order valence-electron chi connectivity index (χ0n) is 24.8. The Morgan fingerprint density at radius 2 is 1.91 bits per heavy atom. The van der Waals surface area contributed by atoms with Crippen molar-refractivity contribution >= 4 is 35.1 Å². The SMILES string of the molecule is CSc1ccc(F)cc1[C@H]1C[C@H](F)CN1c1ccc2ncc(C(=O)NCc3cccc(O[C@@H]4O[C@H](C(=O)O)[C@@H](O)[C@H](O)[C@H]4O)c3)n2n1. The van der Waals surface area contributed by atoms with E-state index in [0.717, 1.165) is 4.90 Å². The van der Waals surface area contributed by atoms with Crippen LogP contribution in [0.1, 0.15) is 34.1 Å². The Morgan fingerprint density at radius 3 is 2.68 bits per heavy atom. The topological polar surface area (TPSA) is 179 Å². The molecule has 2 aromatic heterocycles. The number of carbonyl (C=O) groups excluding carboxylic acids is 1. The molecule has 248 valence electrons. The molecule has 6 rings (SSSR count). The molecule has 2 aliphatic rings. The number of benzene rings is 2. The summed E-state index contributed by atoms with van der Waals surface area (Å²) >= 11 is 1.44. The fourth-order valence-electron chi connectivity index (χ4n) is 5.76. The summed E-state index contributed by atoms with van der Waals surface area (Å²) in [5, 5.41) is 46.8. The van der Waals surface area contributed by atoms with E-state index in [0.29, 0.717) is 22.6 Å². The van der Waals surface area contributed by atoms with Crippen molar-refractivity contribution in [3.63, 3.8) is 0 Å². The molecule has 16 heteroatoms. The lowest BCUT2D eigenvalue weighted by molar-refractivity contribution is -0.271. The first kappa shape index (κ1) is 32.6. The second kappa shape index (κ2) is 13.4. The highest BCUT2D eigenvalue weighted by Crippen LogP contribution is 2.40. The van der Waals surface area contributed by atoms with Crippen LogP contribution in [0.3, 0.4) is 0 Å². The van der Waals surface area contributed by atoms with E-state index < -0.39 is 60.6 Å². The summed E-state index contributed by atoms with van der Waals surface area (Å²) in [6.07, 6.45) is -6.58. The molecule has 1 amide bonds. The number of fused-ring (bicyclic) bond motifs is 1. The molecular weight excluding hydrogens is 640 g/mol. The van der Waals surface area contributed by atoms with E-state index in [1.165, 1.54) is 46.7 Å². The standard InChI is InChI=1S/C31H31F2N5O8S/c1-47-22-6-5-16(32)10-19(22)20-11-17(33)14-37(20)24-8-7-23-34-13-21(38(23)36-24)29(42)35-12-15-3-2-4-18(9-15)45-31-27(41)25(39)26(40)28(46-31)30(43)44/h2-10,13,17,20,25-28,31,39-41H,11-12,14H2,1H3,(H,35,42)(H,43,44)/t17-,20+,25-,26-,27+,28-,31+/m0/s1. The predicted molar refractivity (Wildman–Crippen MR) is 163 cm³/mol. The van der Waals surface area contributed by atoms with Gasteiger partial charge in [0.2, 0.25) is 6.29 Å². The molecule has 0 unspecified atom stereocenters. The van der Waals surface area contributed by atoms with Gasteiger partial charge in [0.05, 0.1) is 18.8 Å². The highest BCUT2D eigenvalue weighted by Gasteiger charge is 2.48. The van der Waals surface area contributed by atoms with Gasteiger partial charge in [0.1, 0.15) is 41.9 Å². The molecule has 4 aromatic rings. The van der Waals surface area contributed by atoms with Crippen molar-refractivity contribution in [3.8, 4) is 5.75 Å². The Kier molecular flexibility index (Phi) is 9.29. The molecule has 13 nitrogen and oxygen atoms in total. The minimum absolute atomic E-state index is 0.0187. The Morgan fingerprint density at radius 1 is 1.11 bits per heavy atom. The van der Waals surface area contributed by atoms with Crippen LogP contribution in [-0.4, -0.2) is 96.6 Å². The minimum atomic E-state index is -1.85. The van der Waals surface area contributed by atoms with Crippen molar-refractivity contribution < 1.29 is 48.3 Å². The average Bonchev–Trinajstić information content (AvgIpc) is 3.67. The number of hydrogen-bond donors (Lipinski definition) is 5. The Bertz CT molecular complexity index is 1800. The van der Waals surface area contributed by atoms with Gasteiger partial charge in [0, 0.05) is 17.9 Å². The number of alkyl halides is 1. The van der Waals surface area contributed by atoms with Gasteiger partial charge in [-0.1, -0.05) is 12.1 Å². The zero-order chi connectivity index (χ0) is 33.4. The van der Waals surface area contributed by atoms with Gasteiger partial charge in [0.25, 0.3) is 5.91 Å². The molecule has 2 fully saturated rings. The minimum Gasteiger partial charge on any atom is -0.479 e. The first-order valence-electron chi connectivity index (χ1n) is 14.6. The molecule has 0 spiro atoms. The lowest BCUT2D eigenvalue weighted by Gasteiger charge is -2.38. The summed E-state index contributed by atoms with van der Waals surface area (Å²) in [4.78, 5) is 31.5. The monoisotopic (exact) mass is 671 g/mol. The number of nitrogens with zero attached hydrogens (tertiary/aromatic N) is 4. The summed E-state index contributed by atoms with van der Waals surface area (Å²) in [6, 6.07) is 13.6. The van der Waals surface area contributed by atoms with Crippen molar-refractivity contribution in [1.29, 1.82) is 0 Å². The third kappa shape index (κ3) is 6.59. The number of thioether (sulfide) groups is 1. The second-order valence-electron chi connectivity index (χ2n) is 11.2. The highest BCUT2D eigenvalue weighted by molar-refractivity contribution is 7.98. The van der Waals surface area contributed by atoms with Crippen molar-refractivity contribution in [2.75, 3.05) is 17.7 Å². The molecule has 4 heterocycles. The molecule has 0 radical (unpaired) electrons. The van der Waals surface area contributed by atoms with E-state index in [9.17, 15) is 38.8 Å². The number of aliphatic hydroxyl groups excluding tert-OH is 3. The number of imidazole rings is 1. The molecule has 2 aliphatic heterocycles. The highest BCUT2D eigenvalue weighted by atomic mass is 32.2. The van der Waals surface area contributed by atoms with E-state index in [4.69, 9.17) is 9.47 Å². The molecule has 0 bridgehead atoms. The number of rotatable bonds is 9. The maximum Gasteiger partial charge on any atom is 0.335 e. The smallest absolute Gasteiger partial charge is 0.335 e. The molecule has 7 atom stereocenters. The van der Waals surface area contributed by atoms with Gasteiger partial charge in [-0.05, 0) is 59.8 Å². The van der Waals surface area contributed by atoms with E-state index >= 15 is 0 Å². The number of anilines is 1. The largest absolute Gasteiger partial charge is 0.479 e. The van der Waals surface area contributed by atoms with Gasteiger partial charge in [-0.25, -0.2) is 23.1 Å². The second-order valence-corrected chi connectivity index (χ2v) is 12.0. The number of ether oxygens (including phenoxy) is 2. The number of amides is 1. The molecule has 0 saturated carbocycles. The number of nitrogens with one attached hydrogen (secondary N) is 1. The average molecular weight is 672 g/mol. The van der Waals surface area contributed by atoms with E-state index in [-0.39, 0.29) is 31.0 Å². The van der Waals surface area contributed by atoms with Crippen molar-refractivity contribution in [1.82, 2.24) is 19.9 Å². The molecule has 0 aliphatic carbocycles.